The van der Waals surface area contributed by atoms with Gasteiger partial charge in [0.15, 0.2) is 0 Å². The molecule has 0 saturated carbocycles. The Bertz CT molecular complexity index is 259. The van der Waals surface area contributed by atoms with Crippen LogP contribution in [0.2, 0.25) is 0 Å². The molecule has 1 aromatic rings. The molecule has 0 bridgehead atoms. The Balaban J connectivity index is 2.34. The largest absolute Gasteiger partial charge is 0.301 e. The summed E-state index contributed by atoms with van der Waals surface area (Å²) in [4.78, 5) is 1.43. The lowest BCUT2D eigenvalue weighted by Crippen LogP contribution is -2.26. The second-order valence-corrected chi connectivity index (χ2v) is 4.13. The number of rotatable bonds is 0. The van der Waals surface area contributed by atoms with Crippen molar-refractivity contribution in [2.45, 2.75) is 23.7 Å². The van der Waals surface area contributed by atoms with Crippen LogP contribution in [0.1, 0.15) is 12.5 Å². The first-order valence-corrected chi connectivity index (χ1v) is 4.72. The molecule has 1 aliphatic rings. The number of fused-ring (bicyclic) bond motifs is 1. The molecular formula is C9H11NS. The van der Waals surface area contributed by atoms with Crippen LogP contribution in [0.5, 0.6) is 0 Å². The number of benzene rings is 1. The van der Waals surface area contributed by atoms with E-state index in [1.807, 2.05) is 11.8 Å². The van der Waals surface area contributed by atoms with Crippen molar-refractivity contribution in [3.05, 3.63) is 29.8 Å². The van der Waals surface area contributed by atoms with Crippen LogP contribution >= 0.6 is 11.8 Å². The zero-order chi connectivity index (χ0) is 7.68. The van der Waals surface area contributed by atoms with E-state index < -0.39 is 0 Å². The monoisotopic (exact) mass is 165 g/mol. The number of hydrogen-bond donors (Lipinski definition) is 1. The Labute approximate surface area is 71.2 Å². The molecule has 1 heterocycles. The van der Waals surface area contributed by atoms with Crippen molar-refractivity contribution in [3.63, 3.8) is 0 Å². The molecule has 1 atom stereocenters. The summed E-state index contributed by atoms with van der Waals surface area (Å²) >= 11 is 1.90. The van der Waals surface area contributed by atoms with Crippen molar-refractivity contribution < 1.29 is 0 Å². The lowest BCUT2D eigenvalue weighted by Gasteiger charge is -2.21. The summed E-state index contributed by atoms with van der Waals surface area (Å²) in [6, 6.07) is 8.57. The summed E-state index contributed by atoms with van der Waals surface area (Å²) in [5, 5.41) is 3.96. The zero-order valence-electron chi connectivity index (χ0n) is 6.50. The van der Waals surface area contributed by atoms with Crippen molar-refractivity contribution in [1.82, 2.24) is 5.32 Å². The lowest BCUT2D eigenvalue weighted by atomic mass is 10.2. The van der Waals surface area contributed by atoms with Gasteiger partial charge in [0.25, 0.3) is 0 Å². The summed E-state index contributed by atoms with van der Waals surface area (Å²) in [7, 11) is 0. The first-order valence-electron chi connectivity index (χ1n) is 3.84. The van der Waals surface area contributed by atoms with Crippen molar-refractivity contribution in [3.8, 4) is 0 Å². The molecule has 0 saturated heterocycles. The van der Waals surface area contributed by atoms with Crippen LogP contribution in [0, 0.1) is 0 Å². The third-order valence-corrected chi connectivity index (χ3v) is 3.03. The molecule has 1 nitrogen and oxygen atoms in total. The zero-order valence-corrected chi connectivity index (χ0v) is 7.32. The standard InChI is InChI=1S/C9H11NS/c1-7-10-6-8-4-2-3-5-9(8)11-7/h2-5,7,10H,6H2,1H3. The molecule has 1 unspecified atom stereocenters. The minimum atomic E-state index is 0.560. The SMILES string of the molecule is CC1NCc2ccccc2S1. The Morgan fingerprint density at radius 2 is 2.27 bits per heavy atom. The summed E-state index contributed by atoms with van der Waals surface area (Å²) in [5.74, 6) is 0. The van der Waals surface area contributed by atoms with E-state index in [2.05, 4.69) is 36.5 Å². The molecule has 0 aromatic heterocycles. The van der Waals surface area contributed by atoms with Gasteiger partial charge in [-0.05, 0) is 18.6 Å². The predicted octanol–water partition coefficient (Wildman–Crippen LogP) is 2.23. The Hall–Kier alpha value is -0.470. The fraction of sp³-hybridized carbons (Fsp3) is 0.333. The third-order valence-electron chi connectivity index (χ3n) is 1.86. The highest BCUT2D eigenvalue weighted by Gasteiger charge is 2.12. The Kier molecular flexibility index (Phi) is 1.88. The normalized spacial score (nSPS) is 22.8. The molecule has 0 radical (unpaired) electrons. The minimum absolute atomic E-state index is 0.560. The van der Waals surface area contributed by atoms with Crippen molar-refractivity contribution in [1.29, 1.82) is 0 Å². The van der Waals surface area contributed by atoms with Gasteiger partial charge in [0.1, 0.15) is 0 Å². The van der Waals surface area contributed by atoms with Gasteiger partial charge in [-0.25, -0.2) is 0 Å². The van der Waals surface area contributed by atoms with Crippen LogP contribution < -0.4 is 5.32 Å². The Morgan fingerprint density at radius 1 is 1.45 bits per heavy atom. The first kappa shape index (κ1) is 7.19. The van der Waals surface area contributed by atoms with Crippen LogP contribution in [0.3, 0.4) is 0 Å². The molecule has 11 heavy (non-hydrogen) atoms. The minimum Gasteiger partial charge on any atom is -0.301 e. The third kappa shape index (κ3) is 1.42. The second-order valence-electron chi connectivity index (χ2n) is 2.75. The van der Waals surface area contributed by atoms with Gasteiger partial charge in [-0.3, -0.25) is 0 Å². The highest BCUT2D eigenvalue weighted by Crippen LogP contribution is 2.29. The summed E-state index contributed by atoms with van der Waals surface area (Å²) in [6.45, 7) is 3.21. The molecule has 0 fully saturated rings. The molecule has 0 amide bonds. The van der Waals surface area contributed by atoms with Crippen molar-refractivity contribution >= 4 is 11.8 Å². The highest BCUT2D eigenvalue weighted by atomic mass is 32.2. The highest BCUT2D eigenvalue weighted by molar-refractivity contribution is 8.00. The van der Waals surface area contributed by atoms with Crippen LogP contribution in [0.25, 0.3) is 0 Å². The molecule has 0 aliphatic carbocycles. The van der Waals surface area contributed by atoms with E-state index in [4.69, 9.17) is 0 Å². The maximum Gasteiger partial charge on any atom is 0.0553 e. The lowest BCUT2D eigenvalue weighted by molar-refractivity contribution is 0.665. The maximum absolute atomic E-state index is 3.40. The molecule has 1 aromatic carbocycles. The van der Waals surface area contributed by atoms with E-state index in [1.54, 1.807) is 0 Å². The van der Waals surface area contributed by atoms with Gasteiger partial charge in [-0.1, -0.05) is 18.2 Å². The van der Waals surface area contributed by atoms with Crippen molar-refractivity contribution in [2.24, 2.45) is 0 Å². The predicted molar refractivity (Wildman–Crippen MR) is 48.6 cm³/mol. The number of nitrogens with one attached hydrogen (secondary N) is 1. The molecule has 0 spiro atoms. The Morgan fingerprint density at radius 3 is 3.18 bits per heavy atom. The quantitative estimate of drug-likeness (QED) is 0.632. The number of thioether (sulfide) groups is 1. The van der Waals surface area contributed by atoms with Gasteiger partial charge in [0, 0.05) is 11.4 Å². The van der Waals surface area contributed by atoms with E-state index in [-0.39, 0.29) is 0 Å². The molecule has 1 aliphatic heterocycles. The van der Waals surface area contributed by atoms with Gasteiger partial charge in [0.2, 0.25) is 0 Å². The fourth-order valence-electron chi connectivity index (χ4n) is 1.25. The molecule has 2 rings (SSSR count). The van der Waals surface area contributed by atoms with Crippen LogP contribution in [0.4, 0.5) is 0 Å². The van der Waals surface area contributed by atoms with Gasteiger partial charge in [0.05, 0.1) is 5.37 Å². The van der Waals surface area contributed by atoms with Crippen LogP contribution in [-0.4, -0.2) is 5.37 Å². The summed E-state index contributed by atoms with van der Waals surface area (Å²) in [6.07, 6.45) is 0. The molecular weight excluding hydrogens is 154 g/mol. The van der Waals surface area contributed by atoms with E-state index >= 15 is 0 Å². The number of hydrogen-bond acceptors (Lipinski definition) is 2. The van der Waals surface area contributed by atoms with E-state index in [0.717, 1.165) is 6.54 Å². The summed E-state index contributed by atoms with van der Waals surface area (Å²) < 4.78 is 0. The maximum atomic E-state index is 3.40. The van der Waals surface area contributed by atoms with Crippen LogP contribution in [-0.2, 0) is 6.54 Å². The average molecular weight is 165 g/mol. The second kappa shape index (κ2) is 2.88. The smallest absolute Gasteiger partial charge is 0.0553 e. The fourth-order valence-corrected chi connectivity index (χ4v) is 2.25. The van der Waals surface area contributed by atoms with Gasteiger partial charge >= 0.3 is 0 Å². The molecule has 2 heteroatoms. The average Bonchev–Trinajstić information content (AvgIpc) is 2.04. The molecule has 58 valence electrons. The van der Waals surface area contributed by atoms with Gasteiger partial charge in [-0.2, -0.15) is 0 Å². The van der Waals surface area contributed by atoms with E-state index in [1.165, 1.54) is 10.5 Å². The van der Waals surface area contributed by atoms with E-state index in [9.17, 15) is 0 Å². The van der Waals surface area contributed by atoms with E-state index in [0.29, 0.717) is 5.37 Å². The first-order chi connectivity index (χ1) is 5.36. The van der Waals surface area contributed by atoms with Crippen molar-refractivity contribution in [2.75, 3.05) is 0 Å². The van der Waals surface area contributed by atoms with Crippen LogP contribution in [0.15, 0.2) is 29.2 Å². The summed E-state index contributed by atoms with van der Waals surface area (Å²) in [5.41, 5.74) is 1.43. The molecule has 1 N–H and O–H groups in total. The van der Waals surface area contributed by atoms with Gasteiger partial charge in [-0.15, -0.1) is 11.8 Å². The van der Waals surface area contributed by atoms with Gasteiger partial charge < -0.3 is 5.32 Å². The topological polar surface area (TPSA) is 12.0 Å².